The molecule has 1 aromatic carbocycles. The summed E-state index contributed by atoms with van der Waals surface area (Å²) < 4.78 is 5.59. The lowest BCUT2D eigenvalue weighted by Gasteiger charge is -2.11. The third-order valence-electron chi connectivity index (χ3n) is 2.43. The first kappa shape index (κ1) is 9.13. The molecule has 0 aromatic heterocycles. The first-order chi connectivity index (χ1) is 6.84. The van der Waals surface area contributed by atoms with Crippen LogP contribution in [0.5, 0.6) is 11.5 Å². The van der Waals surface area contributed by atoms with Crippen molar-refractivity contribution < 1.29 is 9.84 Å². The Balaban J connectivity index is 1.82. The molecule has 0 aliphatic heterocycles. The molecular formula is C12H14O2. The van der Waals surface area contributed by atoms with Gasteiger partial charge in [-0.05, 0) is 43.0 Å². The van der Waals surface area contributed by atoms with Crippen LogP contribution in [0.15, 0.2) is 36.4 Å². The Kier molecular flexibility index (Phi) is 2.73. The number of hydrogen-bond donors (Lipinski definition) is 1. The molecule has 1 aliphatic rings. The van der Waals surface area contributed by atoms with E-state index < -0.39 is 0 Å². The van der Waals surface area contributed by atoms with E-state index in [2.05, 4.69) is 12.2 Å². The molecule has 1 aromatic rings. The topological polar surface area (TPSA) is 29.5 Å². The van der Waals surface area contributed by atoms with E-state index in [0.29, 0.717) is 5.92 Å². The van der Waals surface area contributed by atoms with Gasteiger partial charge in [-0.2, -0.15) is 0 Å². The fraction of sp³-hybridized carbons (Fsp3) is 0.333. The molecule has 74 valence electrons. The largest absolute Gasteiger partial charge is 0.508 e. The van der Waals surface area contributed by atoms with Crippen LogP contribution in [-0.4, -0.2) is 11.7 Å². The van der Waals surface area contributed by atoms with Crippen LogP contribution in [0, 0.1) is 5.92 Å². The molecular weight excluding hydrogens is 176 g/mol. The molecule has 1 aliphatic carbocycles. The Bertz CT molecular complexity index is 306. The second-order valence-electron chi connectivity index (χ2n) is 3.61. The minimum atomic E-state index is 0.278. The lowest BCUT2D eigenvalue weighted by Crippen LogP contribution is -2.08. The second kappa shape index (κ2) is 4.18. The molecule has 2 heteroatoms. The van der Waals surface area contributed by atoms with Gasteiger partial charge in [-0.15, -0.1) is 0 Å². The number of phenols is 1. The monoisotopic (exact) mass is 190 g/mol. The summed E-state index contributed by atoms with van der Waals surface area (Å²) in [6.45, 7) is 0.762. The van der Waals surface area contributed by atoms with Crippen LogP contribution in [0.25, 0.3) is 0 Å². The fourth-order valence-electron chi connectivity index (χ4n) is 1.57. The van der Waals surface area contributed by atoms with Gasteiger partial charge in [0.1, 0.15) is 11.5 Å². The molecule has 0 fully saturated rings. The van der Waals surface area contributed by atoms with Crippen LogP contribution in [0.4, 0.5) is 0 Å². The van der Waals surface area contributed by atoms with Gasteiger partial charge in [0.2, 0.25) is 0 Å². The summed E-state index contributed by atoms with van der Waals surface area (Å²) >= 11 is 0. The number of rotatable bonds is 3. The predicted octanol–water partition coefficient (Wildman–Crippen LogP) is 2.74. The lowest BCUT2D eigenvalue weighted by atomic mass is 10.1. The molecule has 14 heavy (non-hydrogen) atoms. The highest BCUT2D eigenvalue weighted by atomic mass is 16.5. The number of hydrogen-bond acceptors (Lipinski definition) is 2. The zero-order valence-electron chi connectivity index (χ0n) is 8.02. The number of phenolic OH excluding ortho intramolecular Hbond substituents is 1. The summed E-state index contributed by atoms with van der Waals surface area (Å²) in [5.41, 5.74) is 0. The third kappa shape index (κ3) is 2.28. The van der Waals surface area contributed by atoms with Gasteiger partial charge < -0.3 is 9.84 Å². The molecule has 0 saturated heterocycles. The molecule has 0 saturated carbocycles. The van der Waals surface area contributed by atoms with Crippen LogP contribution >= 0.6 is 0 Å². The van der Waals surface area contributed by atoms with Crippen LogP contribution < -0.4 is 4.74 Å². The van der Waals surface area contributed by atoms with Crippen LogP contribution in [0.1, 0.15) is 12.8 Å². The van der Waals surface area contributed by atoms with Crippen molar-refractivity contribution in [3.63, 3.8) is 0 Å². The van der Waals surface area contributed by atoms with Crippen LogP contribution in [0.3, 0.4) is 0 Å². The van der Waals surface area contributed by atoms with Crippen molar-refractivity contribution in [2.45, 2.75) is 12.8 Å². The molecule has 0 radical (unpaired) electrons. The van der Waals surface area contributed by atoms with Crippen molar-refractivity contribution in [2.75, 3.05) is 6.61 Å². The van der Waals surface area contributed by atoms with Crippen LogP contribution in [0.2, 0.25) is 0 Å². The molecule has 0 amide bonds. The van der Waals surface area contributed by atoms with Gasteiger partial charge >= 0.3 is 0 Å². The molecule has 0 bridgehead atoms. The summed E-state index contributed by atoms with van der Waals surface area (Å²) in [6, 6.07) is 6.86. The Morgan fingerprint density at radius 2 is 1.79 bits per heavy atom. The van der Waals surface area contributed by atoms with Crippen molar-refractivity contribution in [1.29, 1.82) is 0 Å². The highest BCUT2D eigenvalue weighted by Gasteiger charge is 2.10. The minimum absolute atomic E-state index is 0.278. The van der Waals surface area contributed by atoms with E-state index in [1.165, 1.54) is 0 Å². The first-order valence-electron chi connectivity index (χ1n) is 4.91. The van der Waals surface area contributed by atoms with Gasteiger partial charge in [-0.3, -0.25) is 0 Å². The highest BCUT2D eigenvalue weighted by Crippen LogP contribution is 2.21. The van der Waals surface area contributed by atoms with Gasteiger partial charge in [-0.25, -0.2) is 0 Å². The maximum absolute atomic E-state index is 9.07. The van der Waals surface area contributed by atoms with E-state index in [-0.39, 0.29) is 5.75 Å². The van der Waals surface area contributed by atoms with E-state index in [4.69, 9.17) is 9.84 Å². The molecule has 0 atom stereocenters. The Hall–Kier alpha value is -1.44. The van der Waals surface area contributed by atoms with E-state index in [1.54, 1.807) is 24.3 Å². The zero-order valence-corrected chi connectivity index (χ0v) is 8.02. The van der Waals surface area contributed by atoms with Crippen molar-refractivity contribution >= 4 is 0 Å². The molecule has 2 nitrogen and oxygen atoms in total. The van der Waals surface area contributed by atoms with Gasteiger partial charge in [0.05, 0.1) is 6.61 Å². The number of allylic oxidation sites excluding steroid dienone is 2. The molecule has 0 spiro atoms. The van der Waals surface area contributed by atoms with Crippen molar-refractivity contribution in [2.24, 2.45) is 5.92 Å². The highest BCUT2D eigenvalue weighted by molar-refractivity contribution is 5.30. The summed E-state index contributed by atoms with van der Waals surface area (Å²) in [7, 11) is 0. The normalized spacial score (nSPS) is 16.0. The maximum atomic E-state index is 9.07. The Labute approximate surface area is 83.8 Å². The molecule has 0 unspecified atom stereocenters. The van der Waals surface area contributed by atoms with Gasteiger partial charge in [-0.1, -0.05) is 12.2 Å². The fourth-order valence-corrected chi connectivity index (χ4v) is 1.57. The van der Waals surface area contributed by atoms with Crippen LogP contribution in [-0.2, 0) is 0 Å². The maximum Gasteiger partial charge on any atom is 0.119 e. The lowest BCUT2D eigenvalue weighted by molar-refractivity contribution is 0.256. The van der Waals surface area contributed by atoms with E-state index in [1.807, 2.05) is 0 Å². The first-order valence-corrected chi connectivity index (χ1v) is 4.91. The third-order valence-corrected chi connectivity index (χ3v) is 2.43. The van der Waals surface area contributed by atoms with Crippen molar-refractivity contribution in [3.8, 4) is 11.5 Å². The molecule has 2 rings (SSSR count). The predicted molar refractivity (Wildman–Crippen MR) is 55.5 cm³/mol. The van der Waals surface area contributed by atoms with Crippen molar-refractivity contribution in [1.82, 2.24) is 0 Å². The molecule has 0 heterocycles. The Morgan fingerprint density at radius 1 is 1.14 bits per heavy atom. The number of ether oxygens (including phenoxy) is 1. The van der Waals surface area contributed by atoms with E-state index >= 15 is 0 Å². The summed E-state index contributed by atoms with van der Waals surface area (Å²) in [4.78, 5) is 0. The van der Waals surface area contributed by atoms with Gasteiger partial charge in [0.25, 0.3) is 0 Å². The van der Waals surface area contributed by atoms with Gasteiger partial charge in [0.15, 0.2) is 0 Å². The second-order valence-corrected chi connectivity index (χ2v) is 3.61. The number of benzene rings is 1. The van der Waals surface area contributed by atoms with Crippen molar-refractivity contribution in [3.05, 3.63) is 36.4 Å². The average Bonchev–Trinajstić information content (AvgIpc) is 2.70. The minimum Gasteiger partial charge on any atom is -0.508 e. The zero-order chi connectivity index (χ0) is 9.80. The summed E-state index contributed by atoms with van der Waals surface area (Å²) in [5, 5.41) is 9.07. The number of aromatic hydroxyl groups is 1. The summed E-state index contributed by atoms with van der Waals surface area (Å²) in [5.74, 6) is 1.73. The Morgan fingerprint density at radius 3 is 2.43 bits per heavy atom. The quantitative estimate of drug-likeness (QED) is 0.742. The summed E-state index contributed by atoms with van der Waals surface area (Å²) in [6.07, 6.45) is 6.64. The SMILES string of the molecule is Oc1ccc(OCC2CC=CC2)cc1. The van der Waals surface area contributed by atoms with Gasteiger partial charge in [0, 0.05) is 0 Å². The smallest absolute Gasteiger partial charge is 0.119 e. The standard InChI is InChI=1S/C12H14O2/c13-11-5-7-12(8-6-11)14-9-10-3-1-2-4-10/h1-2,5-8,10,13H,3-4,9H2. The molecule has 1 N–H and O–H groups in total. The van der Waals surface area contributed by atoms with E-state index in [9.17, 15) is 0 Å². The van der Waals surface area contributed by atoms with E-state index in [0.717, 1.165) is 25.2 Å². The average molecular weight is 190 g/mol.